The first-order valence-electron chi connectivity index (χ1n) is 4.47. The molecule has 1 aromatic carbocycles. The summed E-state index contributed by atoms with van der Waals surface area (Å²) in [4.78, 5) is 5.52. The van der Waals surface area contributed by atoms with Gasteiger partial charge in [-0.15, -0.1) is 11.3 Å². The Kier molecular flexibility index (Phi) is 2.25. The van der Waals surface area contributed by atoms with Gasteiger partial charge in [0.2, 0.25) is 0 Å². The molecular weight excluding hydrogens is 192 g/mol. The van der Waals surface area contributed by atoms with E-state index in [9.17, 15) is 0 Å². The third-order valence-corrected chi connectivity index (χ3v) is 3.01. The molecule has 0 fully saturated rings. The summed E-state index contributed by atoms with van der Waals surface area (Å²) in [5.41, 5.74) is 9.11. The molecule has 2 nitrogen and oxygen atoms in total. The van der Waals surface area contributed by atoms with Crippen LogP contribution in [0, 0.1) is 13.8 Å². The zero-order chi connectivity index (χ0) is 10.1. The fourth-order valence-electron chi connectivity index (χ4n) is 1.51. The minimum absolute atomic E-state index is 0.640. The van der Waals surface area contributed by atoms with Gasteiger partial charge in [0.1, 0.15) is 0 Å². The second-order valence-electron chi connectivity index (χ2n) is 3.27. The van der Waals surface area contributed by atoms with E-state index in [1.807, 2.05) is 12.1 Å². The van der Waals surface area contributed by atoms with Crippen molar-refractivity contribution in [3.63, 3.8) is 0 Å². The lowest BCUT2D eigenvalue weighted by Gasteiger charge is -2.02. The Hall–Kier alpha value is -1.35. The fourth-order valence-corrected chi connectivity index (χ4v) is 2.21. The zero-order valence-electron chi connectivity index (χ0n) is 8.24. The second-order valence-corrected chi connectivity index (χ2v) is 4.51. The Balaban J connectivity index is 2.60. The summed E-state index contributed by atoms with van der Waals surface area (Å²) < 4.78 is 0. The van der Waals surface area contributed by atoms with Crippen molar-refractivity contribution < 1.29 is 0 Å². The molecule has 2 rings (SSSR count). The van der Waals surface area contributed by atoms with Crippen LogP contribution in [0.5, 0.6) is 0 Å². The number of thiazole rings is 1. The smallest absolute Gasteiger partial charge is 0.180 e. The summed E-state index contributed by atoms with van der Waals surface area (Å²) >= 11 is 1.54. The van der Waals surface area contributed by atoms with Crippen molar-refractivity contribution in [2.24, 2.45) is 0 Å². The highest BCUT2D eigenvalue weighted by Crippen LogP contribution is 2.30. The minimum Gasteiger partial charge on any atom is -0.375 e. The molecule has 72 valence electrons. The molecule has 0 aliphatic heterocycles. The standard InChI is InChI=1S/C11H12N2S/c1-7-5-3-4-6-9(7)10-8(2)14-11(12)13-10/h3-6H,1-2H3,(H2,12,13). The van der Waals surface area contributed by atoms with Crippen LogP contribution in [0.1, 0.15) is 10.4 Å². The van der Waals surface area contributed by atoms with Gasteiger partial charge in [0, 0.05) is 10.4 Å². The maximum atomic E-state index is 5.67. The highest BCUT2D eigenvalue weighted by Gasteiger charge is 2.09. The topological polar surface area (TPSA) is 38.9 Å². The molecule has 2 N–H and O–H groups in total. The summed E-state index contributed by atoms with van der Waals surface area (Å²) in [7, 11) is 0. The number of hydrogen-bond acceptors (Lipinski definition) is 3. The Bertz CT molecular complexity index is 460. The lowest BCUT2D eigenvalue weighted by molar-refractivity contribution is 1.35. The van der Waals surface area contributed by atoms with Crippen LogP contribution in [0.25, 0.3) is 11.3 Å². The average Bonchev–Trinajstić information content (AvgIpc) is 2.46. The first kappa shape index (κ1) is 9.21. The maximum absolute atomic E-state index is 5.67. The van der Waals surface area contributed by atoms with E-state index in [-0.39, 0.29) is 0 Å². The third kappa shape index (κ3) is 1.51. The molecule has 14 heavy (non-hydrogen) atoms. The molecule has 2 aromatic rings. The molecule has 1 heterocycles. The van der Waals surface area contributed by atoms with Crippen LogP contribution in [0.15, 0.2) is 24.3 Å². The molecule has 0 bridgehead atoms. The van der Waals surface area contributed by atoms with Crippen LogP contribution in [0.3, 0.4) is 0 Å². The van der Waals surface area contributed by atoms with Gasteiger partial charge < -0.3 is 5.73 Å². The van der Waals surface area contributed by atoms with Crippen molar-refractivity contribution in [3.05, 3.63) is 34.7 Å². The number of hydrogen-bond donors (Lipinski definition) is 1. The van der Waals surface area contributed by atoms with Crippen LogP contribution in [-0.2, 0) is 0 Å². The number of nitrogen functional groups attached to an aromatic ring is 1. The average molecular weight is 204 g/mol. The number of nitrogens with two attached hydrogens (primary N) is 1. The lowest BCUT2D eigenvalue weighted by atomic mass is 10.1. The molecule has 0 unspecified atom stereocenters. The maximum Gasteiger partial charge on any atom is 0.180 e. The van der Waals surface area contributed by atoms with Crippen molar-refractivity contribution in [3.8, 4) is 11.3 Å². The monoisotopic (exact) mass is 204 g/mol. The molecule has 0 aliphatic rings. The van der Waals surface area contributed by atoms with Gasteiger partial charge in [-0.25, -0.2) is 4.98 Å². The number of rotatable bonds is 1. The van der Waals surface area contributed by atoms with Gasteiger partial charge in [-0.1, -0.05) is 24.3 Å². The van der Waals surface area contributed by atoms with Crippen LogP contribution >= 0.6 is 11.3 Å². The van der Waals surface area contributed by atoms with Crippen molar-refractivity contribution in [1.82, 2.24) is 4.98 Å². The van der Waals surface area contributed by atoms with Crippen LogP contribution < -0.4 is 5.73 Å². The van der Waals surface area contributed by atoms with Crippen LogP contribution in [-0.4, -0.2) is 4.98 Å². The predicted molar refractivity (Wildman–Crippen MR) is 61.4 cm³/mol. The molecule has 0 spiro atoms. The molecule has 0 saturated carbocycles. The number of aromatic nitrogens is 1. The van der Waals surface area contributed by atoms with Gasteiger partial charge >= 0.3 is 0 Å². The van der Waals surface area contributed by atoms with Gasteiger partial charge in [0.25, 0.3) is 0 Å². The molecule has 0 atom stereocenters. The number of nitrogens with zero attached hydrogens (tertiary/aromatic N) is 1. The molecule has 1 aromatic heterocycles. The van der Waals surface area contributed by atoms with Crippen LogP contribution in [0.2, 0.25) is 0 Å². The fraction of sp³-hybridized carbons (Fsp3) is 0.182. The van der Waals surface area contributed by atoms with E-state index in [4.69, 9.17) is 5.73 Å². The van der Waals surface area contributed by atoms with Crippen molar-refractivity contribution >= 4 is 16.5 Å². The summed E-state index contributed by atoms with van der Waals surface area (Å²) in [6.45, 7) is 4.14. The van der Waals surface area contributed by atoms with E-state index in [2.05, 4.69) is 31.0 Å². The molecular formula is C11H12N2S. The predicted octanol–water partition coefficient (Wildman–Crippen LogP) is 3.01. The second kappa shape index (κ2) is 3.42. The largest absolute Gasteiger partial charge is 0.375 e. The molecule has 0 amide bonds. The summed E-state index contributed by atoms with van der Waals surface area (Å²) in [5, 5.41) is 0.640. The molecule has 3 heteroatoms. The Morgan fingerprint density at radius 1 is 1.21 bits per heavy atom. The first-order chi connectivity index (χ1) is 6.68. The van der Waals surface area contributed by atoms with E-state index in [1.165, 1.54) is 27.3 Å². The Morgan fingerprint density at radius 2 is 1.93 bits per heavy atom. The number of benzene rings is 1. The Morgan fingerprint density at radius 3 is 2.50 bits per heavy atom. The zero-order valence-corrected chi connectivity index (χ0v) is 9.06. The van der Waals surface area contributed by atoms with Crippen molar-refractivity contribution in [2.45, 2.75) is 13.8 Å². The Labute approximate surface area is 87.4 Å². The van der Waals surface area contributed by atoms with Crippen molar-refractivity contribution in [2.75, 3.05) is 5.73 Å². The summed E-state index contributed by atoms with van der Waals surface area (Å²) in [5.74, 6) is 0. The van der Waals surface area contributed by atoms with Gasteiger partial charge in [0.05, 0.1) is 5.69 Å². The van der Waals surface area contributed by atoms with E-state index < -0.39 is 0 Å². The highest BCUT2D eigenvalue weighted by atomic mass is 32.1. The number of anilines is 1. The SMILES string of the molecule is Cc1ccccc1-c1nc(N)sc1C. The third-order valence-electron chi connectivity index (χ3n) is 2.21. The van der Waals surface area contributed by atoms with Gasteiger partial charge in [-0.3, -0.25) is 0 Å². The van der Waals surface area contributed by atoms with Gasteiger partial charge in [-0.05, 0) is 19.4 Å². The summed E-state index contributed by atoms with van der Waals surface area (Å²) in [6.07, 6.45) is 0. The number of aryl methyl sites for hydroxylation is 2. The van der Waals surface area contributed by atoms with Crippen molar-refractivity contribution in [1.29, 1.82) is 0 Å². The quantitative estimate of drug-likeness (QED) is 0.775. The minimum atomic E-state index is 0.640. The van der Waals surface area contributed by atoms with Gasteiger partial charge in [-0.2, -0.15) is 0 Å². The normalized spacial score (nSPS) is 10.4. The molecule has 0 aliphatic carbocycles. The van der Waals surface area contributed by atoms with E-state index >= 15 is 0 Å². The lowest BCUT2D eigenvalue weighted by Crippen LogP contribution is -1.86. The molecule has 0 radical (unpaired) electrons. The highest BCUT2D eigenvalue weighted by molar-refractivity contribution is 7.15. The summed E-state index contributed by atoms with van der Waals surface area (Å²) in [6, 6.07) is 8.22. The van der Waals surface area contributed by atoms with E-state index in [1.54, 1.807) is 0 Å². The molecule has 0 saturated heterocycles. The van der Waals surface area contributed by atoms with Gasteiger partial charge in [0.15, 0.2) is 5.13 Å². The first-order valence-corrected chi connectivity index (χ1v) is 5.29. The van der Waals surface area contributed by atoms with Crippen LogP contribution in [0.4, 0.5) is 5.13 Å². The van der Waals surface area contributed by atoms with E-state index in [0.717, 1.165) is 5.69 Å². The van der Waals surface area contributed by atoms with E-state index in [0.29, 0.717) is 5.13 Å².